The number of hydrogen-bond donors (Lipinski definition) is 0. The maximum Gasteiger partial charge on any atom is 0.419 e. The topological polar surface area (TPSA) is 88.1 Å². The quantitative estimate of drug-likeness (QED) is 0.109. The molecule has 0 radical (unpaired) electrons. The number of aryl methyl sites for hydroxylation is 4. The lowest BCUT2D eigenvalue weighted by atomic mass is 9.72. The molecule has 0 N–H and O–H groups in total. The highest BCUT2D eigenvalue weighted by Crippen LogP contribution is 2.52. The van der Waals surface area contributed by atoms with Gasteiger partial charge in [0, 0.05) is 22.3 Å². The molecule has 0 saturated heterocycles. The molecule has 3 unspecified atom stereocenters. The molecule has 304 valence electrons. The molecule has 8 heteroatoms. The minimum absolute atomic E-state index is 0.129. The molecule has 0 aromatic heterocycles. The Morgan fingerprint density at radius 1 is 0.579 bits per heavy atom. The van der Waals surface area contributed by atoms with Gasteiger partial charge in [0.05, 0.1) is 0 Å². The van der Waals surface area contributed by atoms with Crippen LogP contribution in [0.1, 0.15) is 163 Å². The molecule has 3 atom stereocenters. The van der Waals surface area contributed by atoms with Crippen molar-refractivity contribution in [3.63, 3.8) is 0 Å². The first-order chi connectivity index (χ1) is 26.0. The van der Waals surface area contributed by atoms with E-state index in [0.29, 0.717) is 23.0 Å². The van der Waals surface area contributed by atoms with Crippen LogP contribution in [0.15, 0.2) is 48.5 Å². The van der Waals surface area contributed by atoms with Gasteiger partial charge < -0.3 is 18.5 Å². The van der Waals surface area contributed by atoms with Gasteiger partial charge in [-0.25, -0.2) is 4.57 Å². The molecule has 2 aliphatic rings. The number of esters is 2. The van der Waals surface area contributed by atoms with Crippen molar-refractivity contribution in [1.29, 1.82) is 0 Å². The molecule has 0 bridgehead atoms. The molecule has 7 nitrogen and oxygen atoms in total. The van der Waals surface area contributed by atoms with Crippen LogP contribution in [-0.2, 0) is 41.2 Å². The normalized spacial score (nSPS) is 18.9. The zero-order valence-electron chi connectivity index (χ0n) is 37.1. The number of fused-ring (bicyclic) bond motifs is 2. The Hall–Kier alpha value is -4.35. The van der Waals surface area contributed by atoms with Gasteiger partial charge in [-0.1, -0.05) is 132 Å². The molecule has 0 amide bonds. The lowest BCUT2D eigenvalue weighted by Gasteiger charge is -2.29. The molecule has 2 heterocycles. The van der Waals surface area contributed by atoms with E-state index in [2.05, 4.69) is 107 Å². The summed E-state index contributed by atoms with van der Waals surface area (Å²) in [6.07, 6.45) is 0. The Morgan fingerprint density at radius 2 is 1.02 bits per heavy atom. The Balaban J connectivity index is 1.30. The first kappa shape index (κ1) is 42.3. The zero-order valence-corrected chi connectivity index (χ0v) is 38.1. The summed E-state index contributed by atoms with van der Waals surface area (Å²) < 4.78 is 38.0. The van der Waals surface area contributed by atoms with Gasteiger partial charge in [-0.3, -0.25) is 9.59 Å². The Morgan fingerprint density at radius 3 is 1.47 bits per heavy atom. The van der Waals surface area contributed by atoms with Gasteiger partial charge in [0.25, 0.3) is 0 Å². The minimum Gasteiger partial charge on any atom is -0.425 e. The van der Waals surface area contributed by atoms with Gasteiger partial charge in [-0.15, -0.1) is 0 Å². The van der Waals surface area contributed by atoms with E-state index in [1.165, 1.54) is 0 Å². The second kappa shape index (κ2) is 13.9. The van der Waals surface area contributed by atoms with E-state index in [1.54, 1.807) is 0 Å². The lowest BCUT2D eigenvalue weighted by molar-refractivity contribution is -0.136. The minimum atomic E-state index is -3.10. The summed E-state index contributed by atoms with van der Waals surface area (Å²) in [7, 11) is -3.10. The number of hydrogen-bond acceptors (Lipinski definition) is 7. The van der Waals surface area contributed by atoms with Crippen molar-refractivity contribution in [2.45, 2.75) is 151 Å². The smallest absolute Gasteiger partial charge is 0.419 e. The third kappa shape index (κ3) is 7.57. The van der Waals surface area contributed by atoms with Crippen LogP contribution in [0.25, 0.3) is 0 Å². The fraction of sp³-hybridized carbons (Fsp3) is 0.469. The number of ether oxygens (including phenoxy) is 2. The average molecular weight is 793 g/mol. The summed E-state index contributed by atoms with van der Waals surface area (Å²) >= 11 is 0. The van der Waals surface area contributed by atoms with E-state index in [1.807, 2.05) is 58.9 Å². The fourth-order valence-electron chi connectivity index (χ4n) is 8.15. The van der Waals surface area contributed by atoms with Gasteiger partial charge in [0.1, 0.15) is 34.3 Å². The number of benzene rings is 4. The van der Waals surface area contributed by atoms with Gasteiger partial charge in [-0.05, 0) is 101 Å². The van der Waals surface area contributed by atoms with Gasteiger partial charge >= 0.3 is 20.2 Å². The standard InChI is InChI=1S/C49H61O7P/c1-26-18-30(38-34-22-31(45(5,6)7)23-35(47(11,12)13)41(34)53-43(38)50)19-27(2)39(26)55-57(52)56-40-28(3)20-33(21-29(40)4)49(17)37-25-32(46(8,9)10)24-36(48(14,15)16)42(37)54-44(49)51/h18-25,38,57H,1-17H3. The van der Waals surface area contributed by atoms with E-state index >= 15 is 0 Å². The van der Waals surface area contributed by atoms with Crippen molar-refractivity contribution < 1.29 is 32.7 Å². The molecule has 0 aliphatic carbocycles. The van der Waals surface area contributed by atoms with Gasteiger partial charge in [0.2, 0.25) is 0 Å². The summed E-state index contributed by atoms with van der Waals surface area (Å²) in [5.41, 5.74) is 8.68. The molecule has 4 aromatic rings. The van der Waals surface area contributed by atoms with Gasteiger partial charge in [-0.2, -0.15) is 0 Å². The van der Waals surface area contributed by atoms with Crippen LogP contribution in [0.4, 0.5) is 0 Å². The van der Waals surface area contributed by atoms with E-state index in [0.717, 1.165) is 66.8 Å². The van der Waals surface area contributed by atoms with Crippen LogP contribution >= 0.6 is 8.25 Å². The van der Waals surface area contributed by atoms with Crippen LogP contribution in [0.3, 0.4) is 0 Å². The second-order valence-electron chi connectivity index (χ2n) is 20.6. The Kier molecular flexibility index (Phi) is 10.3. The molecule has 0 saturated carbocycles. The van der Waals surface area contributed by atoms with Crippen molar-refractivity contribution in [1.82, 2.24) is 0 Å². The van der Waals surface area contributed by atoms with Gasteiger partial charge in [0.15, 0.2) is 0 Å². The second-order valence-corrected chi connectivity index (χ2v) is 21.5. The predicted octanol–water partition coefficient (Wildman–Crippen LogP) is 12.2. The monoisotopic (exact) mass is 792 g/mol. The van der Waals surface area contributed by atoms with E-state index in [9.17, 15) is 14.2 Å². The molecular weight excluding hydrogens is 732 g/mol. The summed E-state index contributed by atoms with van der Waals surface area (Å²) in [6, 6.07) is 16.3. The summed E-state index contributed by atoms with van der Waals surface area (Å²) in [6.45, 7) is 35.3. The Bertz CT molecular complexity index is 2310. The van der Waals surface area contributed by atoms with Crippen molar-refractivity contribution in [3.8, 4) is 23.0 Å². The lowest BCUT2D eigenvalue weighted by Crippen LogP contribution is -2.32. The van der Waals surface area contributed by atoms with Crippen molar-refractivity contribution in [2.75, 3.05) is 0 Å². The summed E-state index contributed by atoms with van der Waals surface area (Å²) in [5.74, 6) is 0.925. The number of carbonyl (C=O) groups is 2. The van der Waals surface area contributed by atoms with Crippen LogP contribution in [0, 0.1) is 27.7 Å². The molecule has 57 heavy (non-hydrogen) atoms. The highest BCUT2D eigenvalue weighted by atomic mass is 31.1. The molecule has 4 aromatic carbocycles. The van der Waals surface area contributed by atoms with Crippen molar-refractivity contribution >= 4 is 20.2 Å². The largest absolute Gasteiger partial charge is 0.425 e. The first-order valence-corrected chi connectivity index (χ1v) is 21.2. The summed E-state index contributed by atoms with van der Waals surface area (Å²) in [5, 5.41) is 0. The van der Waals surface area contributed by atoms with Crippen LogP contribution < -0.4 is 18.5 Å². The molecule has 2 aliphatic heterocycles. The molecular formula is C49H61O7P. The maximum atomic E-state index is 13.9. The SMILES string of the molecule is Cc1cc(C2C(=O)Oc3c2cc(C(C)(C)C)cc3C(C)(C)C)cc(C)c1O[PH](=O)Oc1c(C)cc(C2(C)C(=O)Oc3c(C(C)(C)C)cc(C(C)(C)C)cc32)cc1C. The fourth-order valence-corrected chi connectivity index (χ4v) is 9.17. The highest BCUT2D eigenvalue weighted by molar-refractivity contribution is 7.34. The molecule has 0 fully saturated rings. The van der Waals surface area contributed by atoms with E-state index in [4.69, 9.17) is 18.5 Å². The van der Waals surface area contributed by atoms with Crippen molar-refractivity contribution in [3.05, 3.63) is 115 Å². The Labute approximate surface area is 340 Å². The molecule has 6 rings (SSSR count). The van der Waals surface area contributed by atoms with Crippen LogP contribution in [-0.4, -0.2) is 11.9 Å². The van der Waals surface area contributed by atoms with Crippen molar-refractivity contribution in [2.24, 2.45) is 0 Å². The number of rotatable bonds is 6. The summed E-state index contributed by atoms with van der Waals surface area (Å²) in [4.78, 5) is 27.5. The van der Waals surface area contributed by atoms with Crippen LogP contribution in [0.5, 0.6) is 23.0 Å². The highest BCUT2D eigenvalue weighted by Gasteiger charge is 2.49. The van der Waals surface area contributed by atoms with Crippen LogP contribution in [0.2, 0.25) is 0 Å². The number of carbonyl (C=O) groups excluding carboxylic acids is 2. The predicted molar refractivity (Wildman–Crippen MR) is 229 cm³/mol. The average Bonchev–Trinajstić information content (AvgIpc) is 3.53. The van der Waals surface area contributed by atoms with E-state index in [-0.39, 0.29) is 33.6 Å². The maximum absolute atomic E-state index is 13.9. The molecule has 0 spiro atoms. The zero-order chi connectivity index (χ0) is 42.5. The third-order valence-electron chi connectivity index (χ3n) is 11.7. The first-order valence-electron chi connectivity index (χ1n) is 20.0. The third-order valence-corrected chi connectivity index (χ3v) is 12.4. The van der Waals surface area contributed by atoms with E-state index < -0.39 is 19.6 Å².